The summed E-state index contributed by atoms with van der Waals surface area (Å²) in [5, 5.41) is 0. The molecule has 0 aliphatic carbocycles. The molecule has 0 atom stereocenters. The van der Waals surface area contributed by atoms with E-state index in [1.165, 1.54) is 0 Å². The second kappa shape index (κ2) is 2.19. The minimum absolute atomic E-state index is 3.26. The smallest absolute Gasteiger partial charge is 0.0567 e. The van der Waals surface area contributed by atoms with Gasteiger partial charge in [-0.1, -0.05) is 0 Å². The zero-order valence-corrected chi connectivity index (χ0v) is 2.91. The van der Waals surface area contributed by atoms with Crippen molar-refractivity contribution >= 4 is 0 Å². The lowest BCUT2D eigenvalue weighted by Crippen LogP contribution is -2.03. The molecule has 0 saturated carbocycles. The van der Waals surface area contributed by atoms with Crippen LogP contribution in [0, 0.1) is 0 Å². The fourth-order valence-electron chi connectivity index (χ4n) is 0.159. The fourth-order valence-corrected chi connectivity index (χ4v) is 0.159. The summed E-state index contributed by atoms with van der Waals surface area (Å²) in [5.41, 5.74) is 0. The average molecular weight is 96.2 g/mol. The van der Waals surface area contributed by atoms with E-state index in [4.69, 9.17) is 13.7 Å². The topological polar surface area (TPSA) is 9.23 Å². The lowest BCUT2D eigenvalue weighted by molar-refractivity contribution is 0.0968. The summed E-state index contributed by atoms with van der Waals surface area (Å²) in [4.78, 5) is 0. The van der Waals surface area contributed by atoms with Crippen molar-refractivity contribution < 1.29 is 18.4 Å². The van der Waals surface area contributed by atoms with Crippen LogP contribution in [0.1, 0.15) is 32.8 Å². The van der Waals surface area contributed by atoms with Crippen molar-refractivity contribution in [2.24, 2.45) is 0 Å². The van der Waals surface area contributed by atoms with E-state index in [0.29, 0.717) is 0 Å². The molecule has 6 heavy (non-hydrogen) atoms. The molecule has 1 heterocycles. The van der Waals surface area contributed by atoms with Crippen LogP contribution in [0.2, 0.25) is 0 Å². The quantitative estimate of drug-likeness (QED) is 0.440. The van der Waals surface area contributed by atoms with Crippen molar-refractivity contribution in [1.82, 2.24) is 0 Å². The van der Waals surface area contributed by atoms with Gasteiger partial charge in [-0.25, -0.2) is 0 Å². The second-order valence-corrected chi connectivity index (χ2v) is 0.681. The summed E-state index contributed by atoms with van der Waals surface area (Å²) in [5.74, 6) is 0. The Bertz CT molecular complexity index is 278. The van der Waals surface area contributed by atoms with E-state index in [0.717, 1.165) is 0 Å². The molecule has 1 nitrogen and oxygen atoms in total. The predicted octanol–water partition coefficient (Wildman–Crippen LogP) is 1.19. The van der Waals surface area contributed by atoms with Crippen molar-refractivity contribution in [2.45, 2.75) is 19.1 Å². The fraction of sp³-hybridized carbons (Fsp3) is 1.00. The molecule has 0 N–H and O–H groups in total. The van der Waals surface area contributed by atoms with Crippen LogP contribution in [0.4, 0.5) is 0 Å². The van der Waals surface area contributed by atoms with Crippen molar-refractivity contribution in [3.05, 3.63) is 0 Å². The van der Waals surface area contributed by atoms with Gasteiger partial charge in [0, 0.05) is 21.3 Å². The van der Waals surface area contributed by atoms with E-state index in [2.05, 4.69) is 4.74 Å². The lowest BCUT2D eigenvalue weighted by atomic mass is 10.2. The monoisotopic (exact) mass is 96.1 g/mol. The van der Waals surface area contributed by atoms with Crippen LogP contribution in [0.3, 0.4) is 0 Å². The van der Waals surface area contributed by atoms with Gasteiger partial charge in [0.2, 0.25) is 0 Å². The third-order valence-electron chi connectivity index (χ3n) is 0.329. The van der Waals surface area contributed by atoms with Crippen molar-refractivity contribution in [1.29, 1.82) is 0 Å². The summed E-state index contributed by atoms with van der Waals surface area (Å²) >= 11 is 0. The third-order valence-corrected chi connectivity index (χ3v) is 0.329. The van der Waals surface area contributed by atoms with E-state index in [1.54, 1.807) is 0 Å². The molecule has 0 unspecified atom stereocenters. The number of rotatable bonds is 0. The second-order valence-electron chi connectivity index (χ2n) is 0.681. The van der Waals surface area contributed by atoms with Gasteiger partial charge in [-0.15, -0.1) is 0 Å². The van der Waals surface area contributed by atoms with Gasteiger partial charge < -0.3 is 4.74 Å². The van der Waals surface area contributed by atoms with Crippen molar-refractivity contribution in [3.8, 4) is 0 Å². The molecule has 1 aliphatic heterocycles. The zero-order chi connectivity index (χ0) is 13.2. The molecule has 0 spiro atoms. The molecule has 36 valence electrons. The number of hydrogen-bond donors (Lipinski definition) is 0. The molecular weight excluding hydrogens is 76.1 g/mol. The maximum absolute atomic E-state index is 7.30. The Hall–Kier alpha value is -0.0400. The highest BCUT2D eigenvalue weighted by Gasteiger charge is 1.94. The highest BCUT2D eigenvalue weighted by molar-refractivity contribution is 4.45. The molecule has 0 bridgehead atoms. The Labute approximate surface area is 52.4 Å². The third kappa shape index (κ3) is 0.977. The standard InChI is InChI=1S/C5H10O/c1-2-4-6-5-3-1/h1-5H2/i1D2,2D2,3D2,4D2,5D2. The lowest BCUT2D eigenvalue weighted by Gasteiger charge is -2.08. The van der Waals surface area contributed by atoms with E-state index in [9.17, 15) is 0 Å². The summed E-state index contributed by atoms with van der Waals surface area (Å²) in [6.07, 6.45) is -9.99. The van der Waals surface area contributed by atoms with Gasteiger partial charge in [-0.3, -0.25) is 0 Å². The first-order chi connectivity index (χ1) is 6.71. The normalized spacial score (nSPS) is 90.7. The molecule has 1 saturated heterocycles. The molecule has 0 radical (unpaired) electrons. The molecule has 0 aromatic heterocycles. The van der Waals surface area contributed by atoms with Crippen molar-refractivity contribution in [3.63, 3.8) is 0 Å². The number of ether oxygens (including phenoxy) is 1. The van der Waals surface area contributed by atoms with Gasteiger partial charge in [0.05, 0.1) is 5.48 Å². The van der Waals surface area contributed by atoms with Crippen LogP contribution in [0.5, 0.6) is 0 Å². The Morgan fingerprint density at radius 2 is 1.83 bits per heavy atom. The van der Waals surface area contributed by atoms with E-state index in [1.807, 2.05) is 0 Å². The Balaban J connectivity index is 3.43. The minimum Gasteiger partial charge on any atom is -0.381 e. The molecular formula is C5H10O. The van der Waals surface area contributed by atoms with Crippen LogP contribution in [0.15, 0.2) is 0 Å². The summed E-state index contributed by atoms with van der Waals surface area (Å²) < 4.78 is 76.3. The largest absolute Gasteiger partial charge is 0.381 e. The Morgan fingerprint density at radius 3 is 2.50 bits per heavy atom. The van der Waals surface area contributed by atoms with Crippen LogP contribution in [-0.4, -0.2) is 13.1 Å². The van der Waals surface area contributed by atoms with Crippen LogP contribution >= 0.6 is 0 Å². The average Bonchev–Trinajstić information content (AvgIpc) is 1.98. The van der Waals surface area contributed by atoms with Gasteiger partial charge >= 0.3 is 0 Å². The van der Waals surface area contributed by atoms with Crippen LogP contribution in [0.25, 0.3) is 0 Å². The first kappa shape index (κ1) is 0.576. The molecule has 1 aliphatic rings. The summed E-state index contributed by atoms with van der Waals surface area (Å²) in [6, 6.07) is 0. The first-order valence-electron chi connectivity index (χ1n) is 6.41. The Morgan fingerprint density at radius 1 is 1.17 bits per heavy atom. The molecule has 1 heteroatoms. The molecule has 1 fully saturated rings. The number of hydrogen-bond acceptors (Lipinski definition) is 1. The minimum atomic E-state index is -3.37. The Kier molecular flexibility index (Phi) is 0.210. The maximum Gasteiger partial charge on any atom is 0.0567 e. The summed E-state index contributed by atoms with van der Waals surface area (Å²) in [7, 11) is 0. The van der Waals surface area contributed by atoms with E-state index in [-0.39, 0.29) is 0 Å². The van der Waals surface area contributed by atoms with Gasteiger partial charge in [0.1, 0.15) is 0 Å². The summed E-state index contributed by atoms with van der Waals surface area (Å²) in [6.45, 7) is -6.52. The van der Waals surface area contributed by atoms with Gasteiger partial charge in [-0.2, -0.15) is 0 Å². The first-order valence-corrected chi connectivity index (χ1v) is 1.41. The van der Waals surface area contributed by atoms with E-state index >= 15 is 0 Å². The SMILES string of the molecule is [2H]C1([2H])OC([2H])([2H])C([2H])([2H])C([2H])([2H])C1([2H])[2H]. The molecule has 1 rings (SSSR count). The van der Waals surface area contributed by atoms with Crippen LogP contribution in [-0.2, 0) is 4.74 Å². The van der Waals surface area contributed by atoms with Crippen molar-refractivity contribution in [2.75, 3.05) is 13.1 Å². The van der Waals surface area contributed by atoms with Gasteiger partial charge in [0.25, 0.3) is 0 Å². The van der Waals surface area contributed by atoms with Gasteiger partial charge in [0.15, 0.2) is 0 Å². The highest BCUT2D eigenvalue weighted by atomic mass is 16.5. The zero-order valence-electron chi connectivity index (χ0n) is 12.9. The highest BCUT2D eigenvalue weighted by Crippen LogP contribution is 2.01. The maximum atomic E-state index is 7.30. The van der Waals surface area contributed by atoms with Crippen LogP contribution < -0.4 is 0 Å². The van der Waals surface area contributed by atoms with E-state index < -0.39 is 32.2 Å². The molecule has 0 amide bonds. The molecule has 0 aromatic carbocycles. The van der Waals surface area contributed by atoms with Gasteiger partial charge in [-0.05, 0) is 19.1 Å². The molecule has 0 aromatic rings. The predicted molar refractivity (Wildman–Crippen MR) is 24.7 cm³/mol.